The van der Waals surface area contributed by atoms with Crippen molar-refractivity contribution in [1.29, 1.82) is 0 Å². The summed E-state index contributed by atoms with van der Waals surface area (Å²) in [7, 11) is -3.46. The molecule has 0 radical (unpaired) electrons. The van der Waals surface area contributed by atoms with Gasteiger partial charge in [0.1, 0.15) is 11.5 Å². The molecule has 2 heterocycles. The van der Waals surface area contributed by atoms with Crippen LogP contribution >= 0.6 is 0 Å². The quantitative estimate of drug-likeness (QED) is 0.418. The Hall–Kier alpha value is -3.28. The van der Waals surface area contributed by atoms with Gasteiger partial charge < -0.3 is 10.6 Å². The van der Waals surface area contributed by atoms with Crippen molar-refractivity contribution in [2.75, 3.05) is 10.0 Å². The standard InChI is InChI=1S/C24H28F3N5O3S/c1-15(2)36(34,35)31-19-8-6-16(7-9-19)23(33)29-18-12-10-17(11-13-18)28-21-4-3-5-22-30-20(14-32(21)22)24(25,26)27/h3-9,14-15,17-18,28,31H,10-13H2,1-2H3,(H,29,33). The van der Waals surface area contributed by atoms with Gasteiger partial charge in [0.05, 0.1) is 5.25 Å². The van der Waals surface area contributed by atoms with Crippen LogP contribution in [0.1, 0.15) is 55.6 Å². The van der Waals surface area contributed by atoms with E-state index in [-0.39, 0.29) is 23.6 Å². The number of aromatic nitrogens is 2. The number of carbonyl (C=O) groups is 1. The number of rotatable bonds is 7. The van der Waals surface area contributed by atoms with Crippen LogP contribution in [0.3, 0.4) is 0 Å². The molecule has 0 unspecified atom stereocenters. The molecule has 8 nitrogen and oxygen atoms in total. The lowest BCUT2D eigenvalue weighted by Gasteiger charge is -2.30. The summed E-state index contributed by atoms with van der Waals surface area (Å²) in [5.41, 5.74) is 0.0990. The van der Waals surface area contributed by atoms with Crippen LogP contribution in [0.25, 0.3) is 5.65 Å². The van der Waals surface area contributed by atoms with Gasteiger partial charge in [-0.1, -0.05) is 6.07 Å². The van der Waals surface area contributed by atoms with Gasteiger partial charge in [-0.05, 0) is 75.9 Å². The van der Waals surface area contributed by atoms with Gasteiger partial charge in [-0.25, -0.2) is 13.4 Å². The van der Waals surface area contributed by atoms with Crippen LogP contribution in [0, 0.1) is 0 Å². The Bertz CT molecular complexity index is 1330. The van der Waals surface area contributed by atoms with Crippen molar-refractivity contribution < 1.29 is 26.4 Å². The number of sulfonamides is 1. The Morgan fingerprint density at radius 2 is 1.67 bits per heavy atom. The number of nitrogens with one attached hydrogen (secondary N) is 3. The molecule has 1 saturated carbocycles. The zero-order chi connectivity index (χ0) is 26.1. The first-order valence-corrected chi connectivity index (χ1v) is 13.2. The van der Waals surface area contributed by atoms with Crippen LogP contribution in [0.5, 0.6) is 0 Å². The van der Waals surface area contributed by atoms with Crippen LogP contribution in [0.2, 0.25) is 0 Å². The van der Waals surface area contributed by atoms with Gasteiger partial charge in [0.2, 0.25) is 10.0 Å². The second kappa shape index (κ2) is 10.00. The van der Waals surface area contributed by atoms with Gasteiger partial charge in [0.25, 0.3) is 5.91 Å². The summed E-state index contributed by atoms with van der Waals surface area (Å²) in [4.78, 5) is 16.3. The number of hydrogen-bond donors (Lipinski definition) is 3. The van der Waals surface area contributed by atoms with Gasteiger partial charge in [-0.2, -0.15) is 13.2 Å². The van der Waals surface area contributed by atoms with E-state index in [0.29, 0.717) is 29.9 Å². The zero-order valence-electron chi connectivity index (χ0n) is 19.8. The summed E-state index contributed by atoms with van der Waals surface area (Å²) in [6.45, 7) is 3.16. The molecule has 0 atom stereocenters. The number of amides is 1. The van der Waals surface area contributed by atoms with Crippen molar-refractivity contribution in [2.45, 2.75) is 63.0 Å². The predicted molar refractivity (Wildman–Crippen MR) is 131 cm³/mol. The topological polar surface area (TPSA) is 105 Å². The van der Waals surface area contributed by atoms with E-state index in [1.807, 2.05) is 0 Å². The lowest BCUT2D eigenvalue weighted by atomic mass is 9.91. The first-order valence-electron chi connectivity index (χ1n) is 11.7. The maximum atomic E-state index is 13.0. The van der Waals surface area contributed by atoms with Crippen LogP contribution in [-0.4, -0.2) is 41.0 Å². The lowest BCUT2D eigenvalue weighted by molar-refractivity contribution is -0.140. The average Bonchev–Trinajstić information content (AvgIpc) is 3.27. The minimum absolute atomic E-state index is 0.0319. The Morgan fingerprint density at radius 3 is 2.28 bits per heavy atom. The molecule has 0 bridgehead atoms. The van der Waals surface area contributed by atoms with E-state index in [9.17, 15) is 26.4 Å². The number of nitrogens with zero attached hydrogens (tertiary/aromatic N) is 2. The van der Waals surface area contributed by atoms with Gasteiger partial charge in [0, 0.05) is 29.5 Å². The second-order valence-corrected chi connectivity index (χ2v) is 11.4. The molecule has 1 amide bonds. The number of alkyl halides is 3. The van der Waals surface area contributed by atoms with Gasteiger partial charge in [-0.3, -0.25) is 13.9 Å². The minimum Gasteiger partial charge on any atom is -0.368 e. The SMILES string of the molecule is CC(C)S(=O)(=O)Nc1ccc(C(=O)NC2CCC(Nc3cccc4nc(C(F)(F)F)cn34)CC2)cc1. The first kappa shape index (κ1) is 25.8. The Kier molecular flexibility index (Phi) is 7.17. The predicted octanol–water partition coefficient (Wildman–Crippen LogP) is 4.66. The number of hydrogen-bond acceptors (Lipinski definition) is 5. The number of benzene rings is 1. The highest BCUT2D eigenvalue weighted by molar-refractivity contribution is 7.93. The van der Waals surface area contributed by atoms with Crippen molar-refractivity contribution in [1.82, 2.24) is 14.7 Å². The largest absolute Gasteiger partial charge is 0.434 e. The van der Waals surface area contributed by atoms with Crippen molar-refractivity contribution in [3.05, 3.63) is 59.9 Å². The summed E-state index contributed by atoms with van der Waals surface area (Å²) >= 11 is 0. The van der Waals surface area contributed by atoms with E-state index in [1.54, 1.807) is 50.2 Å². The minimum atomic E-state index is -4.51. The third-order valence-electron chi connectivity index (χ3n) is 6.22. The van der Waals surface area contributed by atoms with E-state index in [0.717, 1.165) is 19.0 Å². The molecule has 36 heavy (non-hydrogen) atoms. The van der Waals surface area contributed by atoms with Crippen molar-refractivity contribution >= 4 is 33.1 Å². The number of imidazole rings is 1. The summed E-state index contributed by atoms with van der Waals surface area (Å²) in [6, 6.07) is 11.2. The van der Waals surface area contributed by atoms with Crippen LogP contribution < -0.4 is 15.4 Å². The molecule has 0 aliphatic heterocycles. The monoisotopic (exact) mass is 523 g/mol. The molecule has 12 heteroatoms. The number of fused-ring (bicyclic) bond motifs is 1. The number of halogens is 3. The van der Waals surface area contributed by atoms with Crippen molar-refractivity contribution in [3.8, 4) is 0 Å². The second-order valence-electron chi connectivity index (χ2n) is 9.20. The van der Waals surface area contributed by atoms with E-state index in [1.165, 1.54) is 10.5 Å². The highest BCUT2D eigenvalue weighted by Crippen LogP contribution is 2.30. The van der Waals surface area contributed by atoms with Crippen LogP contribution in [0.4, 0.5) is 24.7 Å². The number of carbonyl (C=O) groups excluding carboxylic acids is 1. The molecule has 1 aliphatic rings. The molecule has 2 aromatic heterocycles. The fourth-order valence-electron chi connectivity index (χ4n) is 4.10. The van der Waals surface area contributed by atoms with Crippen LogP contribution in [-0.2, 0) is 16.2 Å². The fraction of sp³-hybridized carbons (Fsp3) is 0.417. The third-order valence-corrected chi connectivity index (χ3v) is 7.99. The molecular formula is C24H28F3N5O3S. The van der Waals surface area contributed by atoms with E-state index < -0.39 is 27.1 Å². The molecule has 194 valence electrons. The normalized spacial score (nSPS) is 18.8. The fourth-order valence-corrected chi connectivity index (χ4v) is 4.80. The van der Waals surface area contributed by atoms with E-state index in [2.05, 4.69) is 20.3 Å². The van der Waals surface area contributed by atoms with Gasteiger partial charge in [-0.15, -0.1) is 0 Å². The molecule has 4 rings (SSSR count). The maximum absolute atomic E-state index is 13.0. The third kappa shape index (κ3) is 5.92. The summed E-state index contributed by atoms with van der Waals surface area (Å²) < 4.78 is 67.0. The Labute approximate surface area is 207 Å². The Balaban J connectivity index is 1.31. The van der Waals surface area contributed by atoms with E-state index in [4.69, 9.17) is 0 Å². The maximum Gasteiger partial charge on any atom is 0.434 e. The molecule has 1 aromatic carbocycles. The molecule has 3 aromatic rings. The Morgan fingerprint density at radius 1 is 1.03 bits per heavy atom. The smallest absolute Gasteiger partial charge is 0.368 e. The molecule has 1 aliphatic carbocycles. The molecular weight excluding hydrogens is 495 g/mol. The van der Waals surface area contributed by atoms with Crippen molar-refractivity contribution in [3.63, 3.8) is 0 Å². The van der Waals surface area contributed by atoms with Gasteiger partial charge in [0.15, 0.2) is 5.69 Å². The first-order chi connectivity index (χ1) is 16.9. The molecule has 0 saturated heterocycles. The highest BCUT2D eigenvalue weighted by atomic mass is 32.2. The number of anilines is 2. The molecule has 1 fully saturated rings. The average molecular weight is 524 g/mol. The zero-order valence-corrected chi connectivity index (χ0v) is 20.7. The van der Waals surface area contributed by atoms with E-state index >= 15 is 0 Å². The molecule has 3 N–H and O–H groups in total. The number of pyridine rings is 1. The molecule has 0 spiro atoms. The summed E-state index contributed by atoms with van der Waals surface area (Å²) in [6.07, 6.45) is -0.631. The summed E-state index contributed by atoms with van der Waals surface area (Å²) in [5, 5.41) is 5.75. The highest BCUT2D eigenvalue weighted by Gasteiger charge is 2.34. The van der Waals surface area contributed by atoms with Crippen LogP contribution in [0.15, 0.2) is 48.7 Å². The lowest BCUT2D eigenvalue weighted by Crippen LogP contribution is -2.40. The summed E-state index contributed by atoms with van der Waals surface area (Å²) in [5.74, 6) is 0.295. The van der Waals surface area contributed by atoms with Crippen molar-refractivity contribution in [2.24, 2.45) is 0 Å². The van der Waals surface area contributed by atoms with Gasteiger partial charge >= 0.3 is 6.18 Å².